The number of carbonyl (C=O) groups excluding carboxylic acids is 4. The third kappa shape index (κ3) is 2.83. The van der Waals surface area contributed by atoms with E-state index < -0.39 is 23.0 Å². The van der Waals surface area contributed by atoms with Gasteiger partial charge in [-0.3, -0.25) is 24.6 Å². The molecule has 9 heteroatoms. The molecule has 9 nitrogen and oxygen atoms in total. The summed E-state index contributed by atoms with van der Waals surface area (Å²) < 4.78 is 4.62. The average molecular weight is 497 g/mol. The predicted molar refractivity (Wildman–Crippen MR) is 136 cm³/mol. The van der Waals surface area contributed by atoms with Crippen LogP contribution in [0.3, 0.4) is 0 Å². The van der Waals surface area contributed by atoms with Crippen LogP contribution in [-0.2, 0) is 25.3 Å². The number of para-hydroxylation sites is 2. The minimum atomic E-state index is -1.50. The first-order valence-electron chi connectivity index (χ1n) is 11.9. The van der Waals surface area contributed by atoms with E-state index in [1.807, 2.05) is 47.4 Å². The van der Waals surface area contributed by atoms with Crippen molar-refractivity contribution in [3.63, 3.8) is 0 Å². The maximum absolute atomic E-state index is 14.2. The molecular formula is C28H24N4O5. The van der Waals surface area contributed by atoms with Crippen molar-refractivity contribution in [1.82, 2.24) is 4.90 Å². The van der Waals surface area contributed by atoms with Gasteiger partial charge in [-0.2, -0.15) is 0 Å². The van der Waals surface area contributed by atoms with E-state index >= 15 is 0 Å². The Morgan fingerprint density at radius 2 is 1.49 bits per heavy atom. The van der Waals surface area contributed by atoms with Gasteiger partial charge in [0.1, 0.15) is 11.0 Å². The average Bonchev–Trinajstić information content (AvgIpc) is 3.48. The van der Waals surface area contributed by atoms with Crippen LogP contribution in [0.1, 0.15) is 21.5 Å². The number of likely N-dealkylation sites (N-methyl/N-ethyl adjacent to an activating group) is 1. The van der Waals surface area contributed by atoms with Gasteiger partial charge in [0.15, 0.2) is 5.78 Å². The van der Waals surface area contributed by atoms with E-state index in [1.165, 1.54) is 7.11 Å². The molecule has 0 radical (unpaired) electrons. The molecule has 3 aliphatic rings. The zero-order valence-electron chi connectivity index (χ0n) is 20.2. The second-order valence-electron chi connectivity index (χ2n) is 9.51. The minimum absolute atomic E-state index is 0.185. The van der Waals surface area contributed by atoms with Gasteiger partial charge in [-0.1, -0.05) is 36.4 Å². The third-order valence-electron chi connectivity index (χ3n) is 7.89. The van der Waals surface area contributed by atoms with E-state index in [4.69, 9.17) is 0 Å². The fourth-order valence-corrected chi connectivity index (χ4v) is 6.47. The van der Waals surface area contributed by atoms with Crippen LogP contribution < -0.4 is 16.0 Å². The van der Waals surface area contributed by atoms with Crippen LogP contribution in [0.4, 0.5) is 21.9 Å². The lowest BCUT2D eigenvalue weighted by atomic mass is 9.58. The van der Waals surface area contributed by atoms with Crippen molar-refractivity contribution in [2.24, 2.45) is 5.92 Å². The molecule has 1 fully saturated rings. The van der Waals surface area contributed by atoms with Gasteiger partial charge in [0.2, 0.25) is 5.91 Å². The summed E-state index contributed by atoms with van der Waals surface area (Å²) in [4.78, 5) is 55.7. The number of fused-ring (bicyclic) bond motifs is 5. The normalized spacial score (nSPS) is 25.5. The molecule has 2 spiro atoms. The number of nitrogens with zero attached hydrogens (tertiary/aromatic N) is 1. The maximum atomic E-state index is 14.2. The van der Waals surface area contributed by atoms with Crippen molar-refractivity contribution < 1.29 is 23.9 Å². The van der Waals surface area contributed by atoms with Crippen LogP contribution in [0.15, 0.2) is 72.8 Å². The van der Waals surface area contributed by atoms with Gasteiger partial charge in [-0.25, -0.2) is 4.79 Å². The molecule has 0 aliphatic carbocycles. The fraction of sp³-hybridized carbons (Fsp3) is 0.214. The summed E-state index contributed by atoms with van der Waals surface area (Å²) >= 11 is 0. The lowest BCUT2D eigenvalue weighted by Crippen LogP contribution is -2.61. The SMILES string of the molecule is COC(=O)Nc1ccc(C(=O)C2CN(C)C3(C(=O)Nc4ccccc43)C23C(=O)Nc2ccccc23)cc1. The van der Waals surface area contributed by atoms with Crippen molar-refractivity contribution in [2.45, 2.75) is 11.0 Å². The first kappa shape index (κ1) is 22.9. The van der Waals surface area contributed by atoms with Gasteiger partial charge in [-0.05, 0) is 49.0 Å². The molecule has 1 saturated heterocycles. The van der Waals surface area contributed by atoms with Crippen molar-refractivity contribution in [2.75, 3.05) is 36.7 Å². The molecule has 3 unspecified atom stereocenters. The Morgan fingerprint density at radius 3 is 2.16 bits per heavy atom. The zero-order chi connectivity index (χ0) is 25.9. The van der Waals surface area contributed by atoms with Gasteiger partial charge in [0.05, 0.1) is 13.0 Å². The number of Topliss-reactive ketones (excluding diaryl/α,β-unsaturated/α-hetero) is 1. The van der Waals surface area contributed by atoms with Gasteiger partial charge in [0.25, 0.3) is 5.91 Å². The van der Waals surface area contributed by atoms with Crippen LogP contribution in [0.25, 0.3) is 0 Å². The van der Waals surface area contributed by atoms with Crippen molar-refractivity contribution in [1.29, 1.82) is 0 Å². The van der Waals surface area contributed by atoms with E-state index in [2.05, 4.69) is 20.7 Å². The van der Waals surface area contributed by atoms with E-state index in [-0.39, 0.29) is 24.1 Å². The molecule has 3 aromatic rings. The predicted octanol–water partition coefficient (Wildman–Crippen LogP) is 3.35. The molecule has 37 heavy (non-hydrogen) atoms. The molecular weight excluding hydrogens is 472 g/mol. The zero-order valence-corrected chi connectivity index (χ0v) is 20.2. The van der Waals surface area contributed by atoms with Gasteiger partial charge in [0, 0.05) is 34.7 Å². The number of hydrogen-bond donors (Lipinski definition) is 3. The summed E-state index contributed by atoms with van der Waals surface area (Å²) in [5.41, 5.74) is 0.417. The summed E-state index contributed by atoms with van der Waals surface area (Å²) in [6.07, 6.45) is -0.623. The maximum Gasteiger partial charge on any atom is 0.411 e. The summed E-state index contributed by atoms with van der Waals surface area (Å²) in [5.74, 6) is -1.85. The number of carbonyl (C=O) groups is 4. The second-order valence-corrected chi connectivity index (χ2v) is 9.51. The van der Waals surface area contributed by atoms with Gasteiger partial charge < -0.3 is 15.4 Å². The van der Waals surface area contributed by atoms with Crippen molar-refractivity contribution in [3.8, 4) is 0 Å². The van der Waals surface area contributed by atoms with Crippen molar-refractivity contribution in [3.05, 3.63) is 89.5 Å². The highest BCUT2D eigenvalue weighted by molar-refractivity contribution is 6.20. The highest BCUT2D eigenvalue weighted by Crippen LogP contribution is 2.63. The third-order valence-corrected chi connectivity index (χ3v) is 7.89. The number of likely N-dealkylation sites (tertiary alicyclic amines) is 1. The number of anilines is 3. The molecule has 3 heterocycles. The molecule has 0 saturated carbocycles. The molecule has 0 aromatic heterocycles. The van der Waals surface area contributed by atoms with E-state index in [1.54, 1.807) is 37.4 Å². The van der Waals surface area contributed by atoms with Crippen molar-refractivity contribution >= 4 is 40.8 Å². The Balaban J connectivity index is 1.54. The Labute approximate surface area is 212 Å². The Hall–Kier alpha value is -4.50. The molecule has 6 rings (SSSR count). The summed E-state index contributed by atoms with van der Waals surface area (Å²) in [5, 5.41) is 8.50. The van der Waals surface area contributed by atoms with Crippen LogP contribution in [0, 0.1) is 5.92 Å². The minimum Gasteiger partial charge on any atom is -0.453 e. The highest BCUT2D eigenvalue weighted by Gasteiger charge is 2.77. The summed E-state index contributed by atoms with van der Waals surface area (Å²) in [6, 6.07) is 21.0. The van der Waals surface area contributed by atoms with E-state index in [0.717, 1.165) is 0 Å². The standard InChI is InChI=1S/C28H24N4O5/c1-32-15-20(23(33)16-11-13-17(14-12-16)29-26(36)37-2)27(18-7-3-5-9-21(18)30-24(27)34)28(32)19-8-4-6-10-22(19)31-25(28)35/h3-14,20H,15H2,1-2H3,(H,29,36)(H,30,34)(H,31,35). The lowest BCUT2D eigenvalue weighted by Gasteiger charge is -2.42. The molecule has 3 N–H and O–H groups in total. The van der Waals surface area contributed by atoms with E-state index in [9.17, 15) is 19.2 Å². The number of methoxy groups -OCH3 is 1. The number of ether oxygens (including phenoxy) is 1. The molecule has 3 amide bonds. The largest absolute Gasteiger partial charge is 0.453 e. The summed E-state index contributed by atoms with van der Waals surface area (Å²) in [6.45, 7) is 0.185. The number of nitrogens with one attached hydrogen (secondary N) is 3. The molecule has 186 valence electrons. The number of hydrogen-bond acceptors (Lipinski definition) is 6. The number of rotatable bonds is 3. The lowest BCUT2D eigenvalue weighted by molar-refractivity contribution is -0.136. The number of amides is 3. The van der Waals surface area contributed by atoms with Gasteiger partial charge >= 0.3 is 6.09 Å². The smallest absolute Gasteiger partial charge is 0.411 e. The molecule has 3 aliphatic heterocycles. The Kier molecular flexibility index (Phi) is 4.96. The van der Waals surface area contributed by atoms with Crippen LogP contribution in [0.5, 0.6) is 0 Å². The van der Waals surface area contributed by atoms with Gasteiger partial charge in [-0.15, -0.1) is 0 Å². The fourth-order valence-electron chi connectivity index (χ4n) is 6.47. The first-order valence-corrected chi connectivity index (χ1v) is 11.9. The number of ketones is 1. The quantitative estimate of drug-likeness (QED) is 0.479. The first-order chi connectivity index (χ1) is 17.8. The second kappa shape index (κ2) is 8.01. The van der Waals surface area contributed by atoms with E-state index in [0.29, 0.717) is 33.8 Å². The Bertz CT molecular complexity index is 1490. The highest BCUT2D eigenvalue weighted by atomic mass is 16.5. The summed E-state index contributed by atoms with van der Waals surface area (Å²) in [7, 11) is 3.05. The topological polar surface area (TPSA) is 117 Å². The Morgan fingerprint density at radius 1 is 0.892 bits per heavy atom. The number of benzene rings is 3. The van der Waals surface area contributed by atoms with Crippen LogP contribution in [0.2, 0.25) is 0 Å². The molecule has 3 aromatic carbocycles. The molecule has 0 bridgehead atoms. The monoisotopic (exact) mass is 496 g/mol. The molecule has 3 atom stereocenters. The van der Waals surface area contributed by atoms with Crippen LogP contribution >= 0.6 is 0 Å². The van der Waals surface area contributed by atoms with Crippen LogP contribution in [-0.4, -0.2) is 49.3 Å².